The molecule has 1 aliphatic heterocycles. The topological polar surface area (TPSA) is 57.7 Å². The van der Waals surface area contributed by atoms with Crippen molar-refractivity contribution in [2.45, 2.75) is 38.0 Å². The second-order valence-corrected chi connectivity index (χ2v) is 10.7. The van der Waals surface area contributed by atoms with E-state index in [4.69, 9.17) is 11.6 Å². The van der Waals surface area contributed by atoms with Crippen LogP contribution in [0, 0.1) is 6.92 Å². The monoisotopic (exact) mass is 434 g/mol. The number of hydrogen-bond donors (Lipinski definition) is 0. The Kier molecular flexibility index (Phi) is 6.08. The van der Waals surface area contributed by atoms with E-state index in [2.05, 4.69) is 20.8 Å². The van der Waals surface area contributed by atoms with Crippen LogP contribution in [0.1, 0.15) is 42.3 Å². The number of benzene rings is 2. The molecule has 5 nitrogen and oxygen atoms in total. The van der Waals surface area contributed by atoms with Crippen molar-refractivity contribution in [3.8, 4) is 0 Å². The van der Waals surface area contributed by atoms with Crippen LogP contribution in [-0.4, -0.2) is 49.7 Å². The molecule has 0 atom stereocenters. The summed E-state index contributed by atoms with van der Waals surface area (Å²) in [6, 6.07) is 12.4. The standard InChI is InChI=1S/C22H27ClN2O3S/c1-16-6-5-7-19(20(16)23)21(26)24-12-14-25(15-13-24)29(27,28)18-10-8-17(9-11-18)22(2,3)4/h5-11H,12-15H2,1-4H3. The second kappa shape index (κ2) is 8.09. The van der Waals surface area contributed by atoms with Gasteiger partial charge in [-0.25, -0.2) is 8.42 Å². The first kappa shape index (κ1) is 21.8. The van der Waals surface area contributed by atoms with Crippen molar-refractivity contribution in [3.05, 3.63) is 64.2 Å². The molecular formula is C22H27ClN2O3S. The molecule has 1 aliphatic rings. The SMILES string of the molecule is Cc1cccc(C(=O)N2CCN(S(=O)(=O)c3ccc(C(C)(C)C)cc3)CC2)c1Cl. The van der Waals surface area contributed by atoms with Gasteiger partial charge in [0.1, 0.15) is 0 Å². The minimum absolute atomic E-state index is 0.0364. The second-order valence-electron chi connectivity index (χ2n) is 8.41. The summed E-state index contributed by atoms with van der Waals surface area (Å²) >= 11 is 6.28. The Morgan fingerprint density at radius 1 is 0.966 bits per heavy atom. The fraction of sp³-hybridized carbons (Fsp3) is 0.409. The molecule has 0 saturated carbocycles. The molecule has 0 bridgehead atoms. The molecule has 2 aromatic carbocycles. The highest BCUT2D eigenvalue weighted by atomic mass is 35.5. The van der Waals surface area contributed by atoms with Gasteiger partial charge in [-0.1, -0.05) is 56.6 Å². The fourth-order valence-corrected chi connectivity index (χ4v) is 5.02. The summed E-state index contributed by atoms with van der Waals surface area (Å²) < 4.78 is 27.4. The molecule has 1 heterocycles. The van der Waals surface area contributed by atoms with E-state index in [-0.39, 0.29) is 29.3 Å². The minimum Gasteiger partial charge on any atom is -0.336 e. The normalized spacial score (nSPS) is 16.1. The van der Waals surface area contributed by atoms with E-state index in [1.54, 1.807) is 29.2 Å². The minimum atomic E-state index is -3.58. The van der Waals surface area contributed by atoms with Gasteiger partial charge in [0.15, 0.2) is 0 Å². The maximum atomic E-state index is 13.0. The first-order valence-corrected chi connectivity index (χ1v) is 11.5. The van der Waals surface area contributed by atoms with Crippen molar-refractivity contribution in [1.29, 1.82) is 0 Å². The Balaban J connectivity index is 1.71. The van der Waals surface area contributed by atoms with Crippen molar-refractivity contribution >= 4 is 27.5 Å². The van der Waals surface area contributed by atoms with Crippen LogP contribution >= 0.6 is 11.6 Å². The largest absolute Gasteiger partial charge is 0.336 e. The lowest BCUT2D eigenvalue weighted by atomic mass is 9.87. The van der Waals surface area contributed by atoms with Gasteiger partial charge in [0.25, 0.3) is 5.91 Å². The summed E-state index contributed by atoms with van der Waals surface area (Å²) in [4.78, 5) is 14.8. The summed E-state index contributed by atoms with van der Waals surface area (Å²) in [5, 5.41) is 0.450. The average Bonchev–Trinajstić information content (AvgIpc) is 2.69. The molecule has 1 fully saturated rings. The quantitative estimate of drug-likeness (QED) is 0.730. The van der Waals surface area contributed by atoms with E-state index >= 15 is 0 Å². The number of aryl methyl sites for hydroxylation is 1. The van der Waals surface area contributed by atoms with Crippen LogP contribution in [0.5, 0.6) is 0 Å². The van der Waals surface area contributed by atoms with Crippen LogP contribution in [0.15, 0.2) is 47.4 Å². The molecule has 1 saturated heterocycles. The van der Waals surface area contributed by atoms with Crippen LogP contribution in [0.25, 0.3) is 0 Å². The zero-order valence-corrected chi connectivity index (χ0v) is 18.8. The Bertz CT molecular complexity index is 1000. The van der Waals surface area contributed by atoms with Crippen LogP contribution < -0.4 is 0 Å². The van der Waals surface area contributed by atoms with Gasteiger partial charge in [-0.15, -0.1) is 0 Å². The average molecular weight is 435 g/mol. The number of rotatable bonds is 3. The molecule has 3 rings (SSSR count). The number of amides is 1. The van der Waals surface area contributed by atoms with Crippen molar-refractivity contribution in [2.24, 2.45) is 0 Å². The van der Waals surface area contributed by atoms with E-state index in [1.807, 2.05) is 25.1 Å². The van der Waals surface area contributed by atoms with E-state index in [0.29, 0.717) is 23.7 Å². The summed E-state index contributed by atoms with van der Waals surface area (Å²) in [6.07, 6.45) is 0. The molecule has 0 aliphatic carbocycles. The molecule has 0 unspecified atom stereocenters. The molecule has 0 aromatic heterocycles. The van der Waals surface area contributed by atoms with Crippen molar-refractivity contribution in [3.63, 3.8) is 0 Å². The van der Waals surface area contributed by atoms with Crippen LogP contribution in [0.2, 0.25) is 5.02 Å². The number of piperazine rings is 1. The first-order valence-electron chi connectivity index (χ1n) is 9.67. The zero-order chi connectivity index (χ0) is 21.4. The van der Waals surface area contributed by atoms with E-state index < -0.39 is 10.0 Å². The number of hydrogen-bond acceptors (Lipinski definition) is 3. The molecule has 2 aromatic rings. The van der Waals surface area contributed by atoms with Gasteiger partial charge in [-0.05, 0) is 41.7 Å². The third-order valence-corrected chi connectivity index (χ3v) is 7.72. The number of carbonyl (C=O) groups is 1. The van der Waals surface area contributed by atoms with Crippen LogP contribution in [-0.2, 0) is 15.4 Å². The Labute approximate surface area is 178 Å². The predicted octanol–water partition coefficient (Wildman–Crippen LogP) is 4.09. The summed E-state index contributed by atoms with van der Waals surface area (Å²) in [6.45, 7) is 9.32. The Morgan fingerprint density at radius 3 is 2.10 bits per heavy atom. The number of carbonyl (C=O) groups excluding carboxylic acids is 1. The third-order valence-electron chi connectivity index (χ3n) is 5.31. The summed E-state index contributed by atoms with van der Waals surface area (Å²) in [5.41, 5.74) is 2.35. The maximum Gasteiger partial charge on any atom is 0.255 e. The van der Waals surface area contributed by atoms with Crippen molar-refractivity contribution < 1.29 is 13.2 Å². The molecule has 29 heavy (non-hydrogen) atoms. The van der Waals surface area contributed by atoms with Crippen molar-refractivity contribution in [1.82, 2.24) is 9.21 Å². The van der Waals surface area contributed by atoms with Crippen LogP contribution in [0.4, 0.5) is 0 Å². The summed E-state index contributed by atoms with van der Waals surface area (Å²) in [5.74, 6) is -0.162. The van der Waals surface area contributed by atoms with Gasteiger partial charge < -0.3 is 4.90 Å². The van der Waals surface area contributed by atoms with E-state index in [9.17, 15) is 13.2 Å². The first-order chi connectivity index (χ1) is 13.5. The molecular weight excluding hydrogens is 408 g/mol. The molecule has 0 spiro atoms. The highest BCUT2D eigenvalue weighted by Crippen LogP contribution is 2.26. The van der Waals surface area contributed by atoms with Gasteiger partial charge in [-0.3, -0.25) is 4.79 Å². The fourth-order valence-electron chi connectivity index (χ4n) is 3.39. The molecule has 1 amide bonds. The van der Waals surface area contributed by atoms with E-state index in [1.165, 1.54) is 4.31 Å². The molecule has 0 radical (unpaired) electrons. The highest BCUT2D eigenvalue weighted by Gasteiger charge is 2.31. The number of sulfonamides is 1. The lowest BCUT2D eigenvalue weighted by Crippen LogP contribution is -2.50. The van der Waals surface area contributed by atoms with Gasteiger partial charge in [0.2, 0.25) is 10.0 Å². The lowest BCUT2D eigenvalue weighted by molar-refractivity contribution is 0.0698. The molecule has 0 N–H and O–H groups in total. The predicted molar refractivity (Wildman–Crippen MR) is 116 cm³/mol. The zero-order valence-electron chi connectivity index (χ0n) is 17.3. The van der Waals surface area contributed by atoms with Gasteiger partial charge in [0, 0.05) is 26.2 Å². The molecule has 7 heteroatoms. The van der Waals surface area contributed by atoms with Crippen LogP contribution in [0.3, 0.4) is 0 Å². The highest BCUT2D eigenvalue weighted by molar-refractivity contribution is 7.89. The van der Waals surface area contributed by atoms with Gasteiger partial charge >= 0.3 is 0 Å². The third kappa shape index (κ3) is 4.49. The maximum absolute atomic E-state index is 13.0. The molecule has 156 valence electrons. The number of halogens is 1. The Morgan fingerprint density at radius 2 is 1.55 bits per heavy atom. The lowest BCUT2D eigenvalue weighted by Gasteiger charge is -2.34. The van der Waals surface area contributed by atoms with Gasteiger partial charge in [0.05, 0.1) is 15.5 Å². The van der Waals surface area contributed by atoms with Gasteiger partial charge in [-0.2, -0.15) is 4.31 Å². The number of nitrogens with zero attached hydrogens (tertiary/aromatic N) is 2. The van der Waals surface area contributed by atoms with Crippen molar-refractivity contribution in [2.75, 3.05) is 26.2 Å². The van der Waals surface area contributed by atoms with E-state index in [0.717, 1.165) is 11.1 Å². The smallest absolute Gasteiger partial charge is 0.255 e. The summed E-state index contributed by atoms with van der Waals surface area (Å²) in [7, 11) is -3.58. The Hall–Kier alpha value is -1.89.